The van der Waals surface area contributed by atoms with E-state index in [1.165, 1.54) is 12.0 Å². The summed E-state index contributed by atoms with van der Waals surface area (Å²) >= 11 is 6.67. The van der Waals surface area contributed by atoms with Crippen molar-refractivity contribution in [2.75, 3.05) is 56.7 Å². The molecule has 1 N–H and O–H groups in total. The van der Waals surface area contributed by atoms with Crippen LogP contribution in [0.5, 0.6) is 6.01 Å². The van der Waals surface area contributed by atoms with Gasteiger partial charge in [0.05, 0.1) is 17.3 Å². The Balaban J connectivity index is 1.34. The van der Waals surface area contributed by atoms with Gasteiger partial charge < -0.3 is 24.8 Å². The van der Waals surface area contributed by atoms with Crippen molar-refractivity contribution in [3.8, 4) is 6.01 Å². The maximum absolute atomic E-state index is 6.67. The molecule has 0 unspecified atom stereocenters. The second-order valence-corrected chi connectivity index (χ2v) is 10.8. The van der Waals surface area contributed by atoms with Crippen molar-refractivity contribution in [3.05, 3.63) is 52.7 Å². The van der Waals surface area contributed by atoms with Gasteiger partial charge in [-0.3, -0.25) is 0 Å². The van der Waals surface area contributed by atoms with Gasteiger partial charge in [0.2, 0.25) is 0 Å². The van der Waals surface area contributed by atoms with E-state index in [9.17, 15) is 0 Å². The fourth-order valence-corrected chi connectivity index (χ4v) is 6.27. The second kappa shape index (κ2) is 10.0. The molecule has 2 fully saturated rings. The van der Waals surface area contributed by atoms with Crippen molar-refractivity contribution in [2.24, 2.45) is 0 Å². The van der Waals surface area contributed by atoms with E-state index in [0.29, 0.717) is 31.2 Å². The number of anilines is 2. The third kappa shape index (κ3) is 4.49. The molecule has 8 heteroatoms. The van der Waals surface area contributed by atoms with Gasteiger partial charge in [-0.1, -0.05) is 35.9 Å². The summed E-state index contributed by atoms with van der Waals surface area (Å²) in [5, 5.41) is 6.55. The molecular formula is C28H35ClN6O. The molecule has 2 atom stereocenters. The minimum Gasteiger partial charge on any atom is -0.462 e. The molecule has 2 saturated heterocycles. The Morgan fingerprint density at radius 2 is 2.00 bits per heavy atom. The van der Waals surface area contributed by atoms with E-state index in [2.05, 4.69) is 58.4 Å². The van der Waals surface area contributed by atoms with Crippen molar-refractivity contribution in [1.82, 2.24) is 20.2 Å². The largest absolute Gasteiger partial charge is 0.462 e. The number of nitrogens with zero attached hydrogens (tertiary/aromatic N) is 5. The molecule has 6 rings (SSSR count). The number of fused-ring (bicyclic) bond motifs is 2. The van der Waals surface area contributed by atoms with Crippen LogP contribution in [0.15, 0.2) is 36.4 Å². The molecule has 0 saturated carbocycles. The number of benzene rings is 2. The minimum absolute atomic E-state index is 0.430. The first-order valence-corrected chi connectivity index (χ1v) is 13.5. The molecule has 190 valence electrons. The van der Waals surface area contributed by atoms with Crippen LogP contribution in [0.1, 0.15) is 30.5 Å². The summed E-state index contributed by atoms with van der Waals surface area (Å²) in [4.78, 5) is 17.1. The van der Waals surface area contributed by atoms with Crippen LogP contribution in [0.25, 0.3) is 10.8 Å². The Kier molecular flexibility index (Phi) is 6.63. The molecule has 0 aliphatic carbocycles. The molecule has 7 nitrogen and oxygen atoms in total. The van der Waals surface area contributed by atoms with Crippen LogP contribution in [0.4, 0.5) is 11.5 Å². The lowest BCUT2D eigenvalue weighted by Gasteiger charge is -2.34. The number of hydrogen-bond donors (Lipinski definition) is 1. The summed E-state index contributed by atoms with van der Waals surface area (Å²) in [6.07, 6.45) is 4.40. The highest BCUT2D eigenvalue weighted by Gasteiger charge is 2.30. The maximum Gasteiger partial charge on any atom is 0.318 e. The van der Waals surface area contributed by atoms with E-state index in [1.807, 2.05) is 12.1 Å². The Labute approximate surface area is 218 Å². The number of nitrogens with one attached hydrogen (secondary N) is 1. The Morgan fingerprint density at radius 1 is 1.14 bits per heavy atom. The van der Waals surface area contributed by atoms with Gasteiger partial charge in [-0.2, -0.15) is 9.97 Å². The third-order valence-corrected chi connectivity index (χ3v) is 8.50. The van der Waals surface area contributed by atoms with Crippen LogP contribution in [0, 0.1) is 0 Å². The van der Waals surface area contributed by atoms with E-state index < -0.39 is 0 Å². The Hall–Kier alpha value is -2.61. The topological polar surface area (TPSA) is 56.8 Å². The van der Waals surface area contributed by atoms with E-state index in [-0.39, 0.29) is 0 Å². The first-order valence-electron chi connectivity index (χ1n) is 13.2. The minimum atomic E-state index is 0.430. The zero-order valence-corrected chi connectivity index (χ0v) is 22.0. The molecule has 4 heterocycles. The lowest BCUT2D eigenvalue weighted by molar-refractivity contribution is 0.187. The van der Waals surface area contributed by atoms with Crippen LogP contribution < -0.4 is 19.9 Å². The quantitative estimate of drug-likeness (QED) is 0.539. The van der Waals surface area contributed by atoms with Gasteiger partial charge in [0.25, 0.3) is 0 Å². The number of likely N-dealkylation sites (N-methyl/N-ethyl adjacent to an activating group) is 2. The number of likely N-dealkylation sites (tertiary alicyclic amines) is 1. The standard InChI is InChI=1S/C28H35ClN6O/c1-33-14-5-8-21(33)18-36-28-31-24-17-35(25-10-4-7-19-6-3-9-23(29)26(19)25)15-12-22(24)27(32-28)34(2)20-11-13-30-16-20/h3-4,6-7,9-10,20-21,30H,5,8,11-18H2,1-2H3/t20-,21+/m1/s1. The number of rotatable bonds is 6. The smallest absolute Gasteiger partial charge is 0.318 e. The van der Waals surface area contributed by atoms with Crippen LogP contribution in [0.2, 0.25) is 5.02 Å². The summed E-state index contributed by atoms with van der Waals surface area (Å²) in [7, 11) is 4.35. The van der Waals surface area contributed by atoms with Gasteiger partial charge in [0.1, 0.15) is 12.4 Å². The Bertz CT molecular complexity index is 1240. The fraction of sp³-hybridized carbons (Fsp3) is 0.500. The van der Waals surface area contributed by atoms with Gasteiger partial charge in [-0.15, -0.1) is 0 Å². The van der Waals surface area contributed by atoms with Crippen molar-refractivity contribution >= 4 is 33.9 Å². The monoisotopic (exact) mass is 506 g/mol. The van der Waals surface area contributed by atoms with Crippen LogP contribution in [-0.2, 0) is 13.0 Å². The number of aromatic nitrogens is 2. The van der Waals surface area contributed by atoms with E-state index in [1.54, 1.807) is 0 Å². The molecular weight excluding hydrogens is 472 g/mol. The van der Waals surface area contributed by atoms with E-state index >= 15 is 0 Å². The van der Waals surface area contributed by atoms with Gasteiger partial charge in [-0.25, -0.2) is 0 Å². The van der Waals surface area contributed by atoms with Crippen LogP contribution in [0.3, 0.4) is 0 Å². The van der Waals surface area contributed by atoms with Gasteiger partial charge in [0, 0.05) is 48.9 Å². The predicted octanol–water partition coefficient (Wildman–Crippen LogP) is 4.12. The second-order valence-electron chi connectivity index (χ2n) is 10.4. The molecule has 0 spiro atoms. The first kappa shape index (κ1) is 23.8. The Morgan fingerprint density at radius 3 is 2.78 bits per heavy atom. The molecule has 3 aromatic rings. The maximum atomic E-state index is 6.67. The van der Waals surface area contributed by atoms with Crippen LogP contribution in [-0.4, -0.2) is 73.8 Å². The first-order chi connectivity index (χ1) is 17.6. The van der Waals surface area contributed by atoms with Crippen molar-refractivity contribution in [3.63, 3.8) is 0 Å². The van der Waals surface area contributed by atoms with Crippen molar-refractivity contribution in [2.45, 2.75) is 44.3 Å². The summed E-state index contributed by atoms with van der Waals surface area (Å²) < 4.78 is 6.26. The number of halogens is 1. The predicted molar refractivity (Wildman–Crippen MR) is 147 cm³/mol. The third-order valence-electron chi connectivity index (χ3n) is 8.19. The molecule has 0 amide bonds. The molecule has 2 aromatic carbocycles. The summed E-state index contributed by atoms with van der Waals surface area (Å²) in [6, 6.07) is 13.9. The lowest BCUT2D eigenvalue weighted by atomic mass is 10.0. The zero-order valence-electron chi connectivity index (χ0n) is 21.2. The van der Waals surface area contributed by atoms with Crippen molar-refractivity contribution < 1.29 is 4.74 Å². The summed E-state index contributed by atoms with van der Waals surface area (Å²) in [5.74, 6) is 1.03. The molecule has 3 aliphatic heterocycles. The van der Waals surface area contributed by atoms with Gasteiger partial charge in [0.15, 0.2) is 0 Å². The highest BCUT2D eigenvalue weighted by Crippen LogP contribution is 2.37. The van der Waals surface area contributed by atoms with E-state index in [4.69, 9.17) is 26.3 Å². The average Bonchev–Trinajstić information content (AvgIpc) is 3.58. The average molecular weight is 507 g/mol. The fourth-order valence-electron chi connectivity index (χ4n) is 5.99. The molecule has 0 radical (unpaired) electrons. The normalized spacial score (nSPS) is 22.2. The molecule has 3 aliphatic rings. The van der Waals surface area contributed by atoms with Crippen molar-refractivity contribution in [1.29, 1.82) is 0 Å². The summed E-state index contributed by atoms with van der Waals surface area (Å²) in [5.41, 5.74) is 3.47. The SMILES string of the molecule is CN1CCC[C@H]1COc1nc2c(c(N(C)[C@@H]3CCNC3)n1)CCN(c1cccc3cccc(Cl)c13)C2. The number of hydrogen-bond acceptors (Lipinski definition) is 7. The van der Waals surface area contributed by atoms with Gasteiger partial charge in [-0.05, 0) is 63.3 Å². The lowest BCUT2D eigenvalue weighted by Crippen LogP contribution is -2.38. The summed E-state index contributed by atoms with van der Waals surface area (Å²) in [6.45, 7) is 5.41. The number of ether oxygens (including phenoxy) is 1. The highest BCUT2D eigenvalue weighted by atomic mass is 35.5. The molecule has 36 heavy (non-hydrogen) atoms. The highest BCUT2D eigenvalue weighted by molar-refractivity contribution is 6.36. The van der Waals surface area contributed by atoms with Gasteiger partial charge >= 0.3 is 6.01 Å². The van der Waals surface area contributed by atoms with E-state index in [0.717, 1.165) is 78.4 Å². The van der Waals surface area contributed by atoms with Crippen LogP contribution >= 0.6 is 11.6 Å². The zero-order chi connectivity index (χ0) is 24.6. The molecule has 0 bridgehead atoms. The molecule has 1 aromatic heterocycles.